The minimum absolute atomic E-state index is 0.0478. The maximum atomic E-state index is 11.2. The molecule has 0 aromatic heterocycles. The maximum absolute atomic E-state index is 11.2. The van der Waals surface area contributed by atoms with Crippen molar-refractivity contribution in [2.24, 2.45) is 5.73 Å². The third-order valence-electron chi connectivity index (χ3n) is 2.50. The molecule has 1 unspecified atom stereocenters. The molecule has 1 aromatic carbocycles. The number of hydrogen-bond donors (Lipinski definition) is 1. The van der Waals surface area contributed by atoms with Gasteiger partial charge in [-0.3, -0.25) is 9.59 Å². The van der Waals surface area contributed by atoms with Crippen molar-refractivity contribution in [2.75, 3.05) is 6.61 Å². The molecule has 0 saturated heterocycles. The van der Waals surface area contributed by atoms with Crippen molar-refractivity contribution >= 4 is 11.7 Å². The Kier molecular flexibility index (Phi) is 2.99. The van der Waals surface area contributed by atoms with E-state index in [9.17, 15) is 9.59 Å². The van der Waals surface area contributed by atoms with Gasteiger partial charge in [0, 0.05) is 5.56 Å². The Morgan fingerprint density at radius 3 is 2.82 bits per heavy atom. The van der Waals surface area contributed by atoms with Gasteiger partial charge >= 0.3 is 0 Å². The lowest BCUT2D eigenvalue weighted by atomic mass is 10.1. The number of nitrogens with two attached hydrogens (primary N) is 1. The minimum Gasteiger partial charge on any atom is -0.486 e. The molecule has 17 heavy (non-hydrogen) atoms. The smallest absolute Gasteiger partial charge is 0.221 e. The van der Waals surface area contributed by atoms with E-state index >= 15 is 0 Å². The number of ketones is 1. The summed E-state index contributed by atoms with van der Waals surface area (Å²) in [6.45, 7) is 1.77. The fourth-order valence-electron chi connectivity index (χ4n) is 1.66. The van der Waals surface area contributed by atoms with E-state index in [4.69, 9.17) is 15.2 Å². The summed E-state index contributed by atoms with van der Waals surface area (Å²) in [6, 6.07) is 4.98. The first kappa shape index (κ1) is 11.4. The van der Waals surface area contributed by atoms with E-state index in [1.807, 2.05) is 0 Å². The summed E-state index contributed by atoms with van der Waals surface area (Å²) >= 11 is 0. The summed E-state index contributed by atoms with van der Waals surface area (Å²) in [5, 5.41) is 0. The molecule has 1 aliphatic rings. The van der Waals surface area contributed by atoms with E-state index in [0.29, 0.717) is 17.1 Å². The highest BCUT2D eigenvalue weighted by molar-refractivity contribution is 5.94. The highest BCUT2D eigenvalue weighted by atomic mass is 16.6. The molecule has 0 aliphatic carbocycles. The van der Waals surface area contributed by atoms with E-state index in [-0.39, 0.29) is 24.9 Å². The van der Waals surface area contributed by atoms with Crippen molar-refractivity contribution in [1.29, 1.82) is 0 Å². The normalized spacial score (nSPS) is 17.6. The number of hydrogen-bond acceptors (Lipinski definition) is 4. The highest BCUT2D eigenvalue weighted by Gasteiger charge is 2.23. The Hall–Kier alpha value is -2.04. The number of ether oxygens (including phenoxy) is 2. The molecule has 90 valence electrons. The van der Waals surface area contributed by atoms with Crippen LogP contribution in [0.1, 0.15) is 23.7 Å². The SMILES string of the molecule is CC(=O)c1ccc2c(c1)OC(CC(N)=O)CO2. The Labute approximate surface area is 98.5 Å². The van der Waals surface area contributed by atoms with E-state index < -0.39 is 5.91 Å². The largest absolute Gasteiger partial charge is 0.486 e. The number of benzene rings is 1. The van der Waals surface area contributed by atoms with Gasteiger partial charge in [-0.1, -0.05) is 0 Å². The van der Waals surface area contributed by atoms with Crippen LogP contribution >= 0.6 is 0 Å². The van der Waals surface area contributed by atoms with Gasteiger partial charge in [0.2, 0.25) is 5.91 Å². The van der Waals surface area contributed by atoms with Gasteiger partial charge in [-0.2, -0.15) is 0 Å². The van der Waals surface area contributed by atoms with Crippen LogP contribution in [0, 0.1) is 0 Å². The molecule has 1 aromatic rings. The second kappa shape index (κ2) is 4.45. The molecule has 2 N–H and O–H groups in total. The lowest BCUT2D eigenvalue weighted by molar-refractivity contribution is -0.120. The molecule has 1 atom stereocenters. The number of carbonyl (C=O) groups is 2. The zero-order valence-electron chi connectivity index (χ0n) is 9.43. The summed E-state index contributed by atoms with van der Waals surface area (Å²) in [6.07, 6.45) is -0.286. The average Bonchev–Trinajstić information content (AvgIpc) is 2.27. The summed E-state index contributed by atoms with van der Waals surface area (Å²) in [7, 11) is 0. The fraction of sp³-hybridized carbons (Fsp3) is 0.333. The van der Waals surface area contributed by atoms with Crippen molar-refractivity contribution in [3.63, 3.8) is 0 Å². The Bertz CT molecular complexity index is 470. The number of amides is 1. The van der Waals surface area contributed by atoms with Crippen LogP contribution in [0.25, 0.3) is 0 Å². The van der Waals surface area contributed by atoms with Gasteiger partial charge in [0.05, 0.1) is 6.42 Å². The molecule has 5 nitrogen and oxygen atoms in total. The third kappa shape index (κ3) is 2.55. The van der Waals surface area contributed by atoms with Crippen LogP contribution in [-0.4, -0.2) is 24.4 Å². The second-order valence-electron chi connectivity index (χ2n) is 3.94. The van der Waals surface area contributed by atoms with Crippen molar-refractivity contribution in [3.8, 4) is 11.5 Å². The highest BCUT2D eigenvalue weighted by Crippen LogP contribution is 2.33. The first-order valence-corrected chi connectivity index (χ1v) is 5.29. The lowest BCUT2D eigenvalue weighted by Gasteiger charge is -2.25. The standard InChI is InChI=1S/C12H13NO4/c1-7(14)8-2-3-10-11(4-8)17-9(6-16-10)5-12(13)15/h2-4,9H,5-6H2,1H3,(H2,13,15). The number of primary amides is 1. The summed E-state index contributed by atoms with van der Waals surface area (Å²) in [4.78, 5) is 22.0. The number of Topliss-reactive ketones (excluding diaryl/α,β-unsaturated/α-hetero) is 1. The van der Waals surface area contributed by atoms with E-state index in [2.05, 4.69) is 0 Å². The molecule has 0 saturated carbocycles. The van der Waals surface area contributed by atoms with Gasteiger partial charge in [0.1, 0.15) is 12.7 Å². The topological polar surface area (TPSA) is 78.6 Å². The quantitative estimate of drug-likeness (QED) is 0.789. The van der Waals surface area contributed by atoms with Crippen molar-refractivity contribution in [3.05, 3.63) is 23.8 Å². The van der Waals surface area contributed by atoms with Crippen molar-refractivity contribution < 1.29 is 19.1 Å². The van der Waals surface area contributed by atoms with E-state index in [1.165, 1.54) is 6.92 Å². The number of fused-ring (bicyclic) bond motifs is 1. The molecule has 5 heteroatoms. The van der Waals surface area contributed by atoms with Gasteiger partial charge < -0.3 is 15.2 Å². The molecular weight excluding hydrogens is 222 g/mol. The van der Waals surface area contributed by atoms with E-state index in [0.717, 1.165) is 0 Å². The third-order valence-corrected chi connectivity index (χ3v) is 2.50. The first-order chi connectivity index (χ1) is 8.06. The van der Waals surface area contributed by atoms with Gasteiger partial charge in [-0.05, 0) is 25.1 Å². The van der Waals surface area contributed by atoms with Crippen LogP contribution in [0.4, 0.5) is 0 Å². The number of rotatable bonds is 3. The average molecular weight is 235 g/mol. The van der Waals surface area contributed by atoms with Gasteiger partial charge in [0.15, 0.2) is 17.3 Å². The molecule has 2 rings (SSSR count). The summed E-state index contributed by atoms with van der Waals surface area (Å²) < 4.78 is 11.0. The predicted molar refractivity (Wildman–Crippen MR) is 60.2 cm³/mol. The molecular formula is C12H13NO4. The zero-order chi connectivity index (χ0) is 12.4. The number of carbonyl (C=O) groups excluding carboxylic acids is 2. The summed E-state index contributed by atoms with van der Waals surface area (Å²) in [5.41, 5.74) is 5.64. The Balaban J connectivity index is 2.20. The Morgan fingerprint density at radius 2 is 2.18 bits per heavy atom. The molecule has 1 amide bonds. The van der Waals surface area contributed by atoms with Crippen molar-refractivity contribution in [1.82, 2.24) is 0 Å². The van der Waals surface area contributed by atoms with Crippen molar-refractivity contribution in [2.45, 2.75) is 19.4 Å². The zero-order valence-corrected chi connectivity index (χ0v) is 9.43. The minimum atomic E-state index is -0.440. The molecule has 1 aliphatic heterocycles. The first-order valence-electron chi connectivity index (χ1n) is 5.29. The van der Waals surface area contributed by atoms with Gasteiger partial charge in [-0.25, -0.2) is 0 Å². The van der Waals surface area contributed by atoms with Crippen LogP contribution in [0.15, 0.2) is 18.2 Å². The van der Waals surface area contributed by atoms with Gasteiger partial charge in [-0.15, -0.1) is 0 Å². The van der Waals surface area contributed by atoms with Gasteiger partial charge in [0.25, 0.3) is 0 Å². The van der Waals surface area contributed by atoms with Crippen LogP contribution in [-0.2, 0) is 4.79 Å². The lowest BCUT2D eigenvalue weighted by Crippen LogP contribution is -2.33. The van der Waals surface area contributed by atoms with E-state index in [1.54, 1.807) is 18.2 Å². The molecule has 0 bridgehead atoms. The predicted octanol–water partition coefficient (Wildman–Crippen LogP) is 0.904. The monoisotopic (exact) mass is 235 g/mol. The molecule has 1 heterocycles. The molecule has 0 fully saturated rings. The maximum Gasteiger partial charge on any atom is 0.221 e. The van der Waals surface area contributed by atoms with Crippen LogP contribution in [0.3, 0.4) is 0 Å². The van der Waals surface area contributed by atoms with Crippen LogP contribution < -0.4 is 15.2 Å². The van der Waals surface area contributed by atoms with Crippen LogP contribution in [0.2, 0.25) is 0 Å². The molecule has 0 radical (unpaired) electrons. The second-order valence-corrected chi connectivity index (χ2v) is 3.94. The van der Waals surface area contributed by atoms with Crippen LogP contribution in [0.5, 0.6) is 11.5 Å². The molecule has 0 spiro atoms. The Morgan fingerprint density at radius 1 is 1.41 bits per heavy atom. The fourth-order valence-corrected chi connectivity index (χ4v) is 1.66. The summed E-state index contributed by atoms with van der Waals surface area (Å²) in [5.74, 6) is 0.573.